The van der Waals surface area contributed by atoms with Crippen LogP contribution in [0.25, 0.3) is 0 Å². The molecule has 0 radical (unpaired) electrons. The third-order valence-electron chi connectivity index (χ3n) is 3.37. The Bertz CT molecular complexity index is 536. The molecule has 1 aliphatic heterocycles. The molecule has 21 heavy (non-hydrogen) atoms. The highest BCUT2D eigenvalue weighted by molar-refractivity contribution is 9.10. The minimum Gasteiger partial charge on any atom is -0.394 e. The number of benzene rings is 1. The molecule has 0 saturated carbocycles. The minimum atomic E-state index is -0.395. The fraction of sp³-hybridized carbons (Fsp3) is 0.571. The Balaban J connectivity index is 2.14. The summed E-state index contributed by atoms with van der Waals surface area (Å²) in [7, 11) is 0. The molecular weight excluding hydrogens is 340 g/mol. The van der Waals surface area contributed by atoms with Crippen LogP contribution in [0, 0.1) is 10.1 Å². The molecule has 1 fully saturated rings. The van der Waals surface area contributed by atoms with Crippen LogP contribution in [0.1, 0.15) is 19.4 Å². The molecule has 1 saturated heterocycles. The highest BCUT2D eigenvalue weighted by Crippen LogP contribution is 2.27. The van der Waals surface area contributed by atoms with E-state index in [-0.39, 0.29) is 24.0 Å². The average Bonchev–Trinajstić information content (AvgIpc) is 2.38. The molecule has 0 aromatic heterocycles. The van der Waals surface area contributed by atoms with Crippen molar-refractivity contribution in [3.05, 3.63) is 38.3 Å². The summed E-state index contributed by atoms with van der Waals surface area (Å²) in [6.07, 6.45) is -0.223. The summed E-state index contributed by atoms with van der Waals surface area (Å²) in [6.45, 7) is 5.85. The summed E-state index contributed by atoms with van der Waals surface area (Å²) in [5.74, 6) is 0. The van der Waals surface area contributed by atoms with E-state index in [0.29, 0.717) is 24.1 Å². The van der Waals surface area contributed by atoms with E-state index in [0.717, 1.165) is 5.56 Å². The summed E-state index contributed by atoms with van der Waals surface area (Å²) in [6, 6.07) is 5.15. The van der Waals surface area contributed by atoms with E-state index < -0.39 is 4.92 Å². The van der Waals surface area contributed by atoms with Gasteiger partial charge in [-0.05, 0) is 41.4 Å². The van der Waals surface area contributed by atoms with Crippen molar-refractivity contribution in [3.63, 3.8) is 0 Å². The van der Waals surface area contributed by atoms with Crippen LogP contribution in [-0.2, 0) is 11.3 Å². The molecule has 1 unspecified atom stereocenters. The maximum atomic E-state index is 11.0. The van der Waals surface area contributed by atoms with Gasteiger partial charge in [-0.2, -0.15) is 0 Å². The summed E-state index contributed by atoms with van der Waals surface area (Å²) in [5, 5.41) is 20.3. The summed E-state index contributed by atoms with van der Waals surface area (Å²) in [4.78, 5) is 12.7. The third-order valence-corrected chi connectivity index (χ3v) is 4.04. The van der Waals surface area contributed by atoms with Crippen LogP contribution >= 0.6 is 15.9 Å². The van der Waals surface area contributed by atoms with E-state index in [4.69, 9.17) is 4.74 Å². The van der Waals surface area contributed by atoms with Crippen molar-refractivity contribution in [1.29, 1.82) is 0 Å². The van der Waals surface area contributed by atoms with Gasteiger partial charge in [0.1, 0.15) is 0 Å². The van der Waals surface area contributed by atoms with Crippen molar-refractivity contribution in [2.24, 2.45) is 0 Å². The minimum absolute atomic E-state index is 0.0274. The molecule has 1 aromatic carbocycles. The molecule has 1 heterocycles. The van der Waals surface area contributed by atoms with Gasteiger partial charge in [0.2, 0.25) is 0 Å². The second-order valence-corrected chi connectivity index (χ2v) is 6.75. The molecule has 0 amide bonds. The van der Waals surface area contributed by atoms with Gasteiger partial charge in [-0.3, -0.25) is 15.0 Å². The molecule has 0 bridgehead atoms. The molecule has 1 atom stereocenters. The van der Waals surface area contributed by atoms with Gasteiger partial charge < -0.3 is 9.84 Å². The number of ether oxygens (including phenoxy) is 1. The summed E-state index contributed by atoms with van der Waals surface area (Å²) in [5.41, 5.74) is 0.602. The van der Waals surface area contributed by atoms with Crippen LogP contribution in [0.4, 0.5) is 5.69 Å². The van der Waals surface area contributed by atoms with Crippen LogP contribution in [0.3, 0.4) is 0 Å². The second-order valence-electron chi connectivity index (χ2n) is 5.89. The fourth-order valence-corrected chi connectivity index (χ4v) is 3.08. The predicted molar refractivity (Wildman–Crippen MR) is 82.1 cm³/mol. The highest BCUT2D eigenvalue weighted by atomic mass is 79.9. The smallest absolute Gasteiger partial charge is 0.283 e. The zero-order valence-electron chi connectivity index (χ0n) is 12.1. The number of morpholine rings is 1. The first-order valence-electron chi connectivity index (χ1n) is 6.74. The first kappa shape index (κ1) is 16.4. The molecule has 2 rings (SSSR count). The molecule has 6 nitrogen and oxygen atoms in total. The van der Waals surface area contributed by atoms with Gasteiger partial charge in [0.05, 0.1) is 27.7 Å². The van der Waals surface area contributed by atoms with E-state index in [1.54, 1.807) is 12.1 Å². The Morgan fingerprint density at radius 2 is 2.29 bits per heavy atom. The SMILES string of the molecule is CC1(C)CN(Cc2ccc(Br)c([N+](=O)[O-])c2)CC(CO)O1. The number of nitrogens with zero attached hydrogens (tertiary/aromatic N) is 2. The van der Waals surface area contributed by atoms with Crippen molar-refractivity contribution in [1.82, 2.24) is 4.90 Å². The van der Waals surface area contributed by atoms with Gasteiger partial charge in [-0.25, -0.2) is 0 Å². The van der Waals surface area contributed by atoms with Crippen molar-refractivity contribution < 1.29 is 14.8 Å². The van der Waals surface area contributed by atoms with E-state index in [1.165, 1.54) is 0 Å². The van der Waals surface area contributed by atoms with Crippen molar-refractivity contribution in [3.8, 4) is 0 Å². The zero-order chi connectivity index (χ0) is 15.6. The van der Waals surface area contributed by atoms with Crippen molar-refractivity contribution in [2.45, 2.75) is 32.1 Å². The van der Waals surface area contributed by atoms with Crippen LogP contribution < -0.4 is 0 Å². The molecular formula is C14H19BrN2O4. The van der Waals surface area contributed by atoms with Gasteiger partial charge in [0.25, 0.3) is 5.69 Å². The first-order valence-corrected chi connectivity index (χ1v) is 7.54. The Hall–Kier alpha value is -1.02. The largest absolute Gasteiger partial charge is 0.394 e. The Kier molecular flexibility index (Phi) is 4.98. The van der Waals surface area contributed by atoms with Crippen molar-refractivity contribution >= 4 is 21.6 Å². The fourth-order valence-electron chi connectivity index (χ4n) is 2.69. The van der Waals surface area contributed by atoms with Crippen LogP contribution in [0.15, 0.2) is 22.7 Å². The number of aliphatic hydroxyl groups excluding tert-OH is 1. The Morgan fingerprint density at radius 3 is 2.90 bits per heavy atom. The van der Waals surface area contributed by atoms with E-state index in [2.05, 4.69) is 20.8 Å². The highest BCUT2D eigenvalue weighted by Gasteiger charge is 2.33. The van der Waals surface area contributed by atoms with Gasteiger partial charge in [0.15, 0.2) is 0 Å². The number of hydrogen-bond acceptors (Lipinski definition) is 5. The van der Waals surface area contributed by atoms with E-state index in [1.807, 2.05) is 19.9 Å². The monoisotopic (exact) mass is 358 g/mol. The number of rotatable bonds is 4. The standard InChI is InChI=1S/C14H19BrN2O4/c1-14(2)9-16(7-11(8-18)21-14)6-10-3-4-12(15)13(5-10)17(19)20/h3-5,11,18H,6-9H2,1-2H3. The number of hydrogen-bond donors (Lipinski definition) is 1. The molecule has 116 valence electrons. The molecule has 1 N–H and O–H groups in total. The average molecular weight is 359 g/mol. The molecule has 0 spiro atoms. The van der Waals surface area contributed by atoms with Gasteiger partial charge >= 0.3 is 0 Å². The van der Waals surface area contributed by atoms with Crippen LogP contribution in [0.2, 0.25) is 0 Å². The summed E-state index contributed by atoms with van der Waals surface area (Å²) < 4.78 is 6.24. The lowest BCUT2D eigenvalue weighted by Crippen LogP contribution is -2.53. The number of aliphatic hydroxyl groups is 1. The maximum Gasteiger partial charge on any atom is 0.283 e. The second kappa shape index (κ2) is 6.39. The molecule has 1 aliphatic rings. The lowest BCUT2D eigenvalue weighted by atomic mass is 10.0. The molecule has 0 aliphatic carbocycles. The Labute approximate surface area is 132 Å². The van der Waals surface area contributed by atoms with Gasteiger partial charge in [0, 0.05) is 25.7 Å². The topological polar surface area (TPSA) is 75.8 Å². The van der Waals surface area contributed by atoms with E-state index in [9.17, 15) is 15.2 Å². The molecule has 7 heteroatoms. The lowest BCUT2D eigenvalue weighted by molar-refractivity contribution is -0.385. The number of halogens is 1. The third kappa shape index (κ3) is 4.23. The summed E-state index contributed by atoms with van der Waals surface area (Å²) >= 11 is 3.19. The normalized spacial score (nSPS) is 22.2. The number of nitro groups is 1. The van der Waals surface area contributed by atoms with Crippen LogP contribution in [0.5, 0.6) is 0 Å². The Morgan fingerprint density at radius 1 is 1.57 bits per heavy atom. The first-order chi connectivity index (χ1) is 9.80. The lowest BCUT2D eigenvalue weighted by Gasteiger charge is -2.42. The zero-order valence-corrected chi connectivity index (χ0v) is 13.7. The predicted octanol–water partition coefficient (Wildman–Crippen LogP) is 2.33. The van der Waals surface area contributed by atoms with Gasteiger partial charge in [-0.1, -0.05) is 6.07 Å². The quantitative estimate of drug-likeness (QED) is 0.660. The van der Waals surface area contributed by atoms with Crippen molar-refractivity contribution in [2.75, 3.05) is 19.7 Å². The van der Waals surface area contributed by atoms with Gasteiger partial charge in [-0.15, -0.1) is 0 Å². The van der Waals surface area contributed by atoms with Crippen LogP contribution in [-0.4, -0.2) is 46.3 Å². The maximum absolute atomic E-state index is 11.0. The number of nitro benzene ring substituents is 1. The molecule has 1 aromatic rings. The van der Waals surface area contributed by atoms with E-state index >= 15 is 0 Å².